The fourth-order valence-electron chi connectivity index (χ4n) is 3.50. The molecule has 0 radical (unpaired) electrons. The normalized spacial score (nSPS) is 14.1. The number of benzene rings is 2. The van der Waals surface area contributed by atoms with E-state index >= 15 is 0 Å². The van der Waals surface area contributed by atoms with Crippen LogP contribution in [0.2, 0.25) is 0 Å². The fourth-order valence-corrected chi connectivity index (χ4v) is 4.33. The molecule has 0 saturated carbocycles. The molecule has 2 aromatic carbocycles. The highest BCUT2D eigenvalue weighted by Gasteiger charge is 2.43. The predicted molar refractivity (Wildman–Crippen MR) is 131 cm³/mol. The number of rotatable bonds is 10. The van der Waals surface area contributed by atoms with Crippen LogP contribution in [-0.2, 0) is 14.6 Å². The number of Topliss-reactive ketones (excluding diaryl/α,β-unsaturated/α-hetero) is 1. The summed E-state index contributed by atoms with van der Waals surface area (Å²) >= 11 is 2.89. The molecule has 0 spiro atoms. The van der Waals surface area contributed by atoms with Crippen molar-refractivity contribution in [3.05, 3.63) is 54.1 Å². The number of carbonyl (C=O) groups is 1. The first-order valence-corrected chi connectivity index (χ1v) is 13.3. The molecule has 0 aromatic heterocycles. The third kappa shape index (κ3) is 9.06. The highest BCUT2D eigenvalue weighted by Crippen LogP contribution is 2.35. The van der Waals surface area contributed by atoms with Crippen LogP contribution in [0.25, 0.3) is 11.1 Å². The van der Waals surface area contributed by atoms with Crippen LogP contribution < -0.4 is 5.32 Å². The molecule has 0 bridgehead atoms. The van der Waals surface area contributed by atoms with Crippen molar-refractivity contribution in [2.45, 2.75) is 61.9 Å². The van der Waals surface area contributed by atoms with E-state index in [9.17, 15) is 30.8 Å². The monoisotopic (exact) mass is 575 g/mol. The summed E-state index contributed by atoms with van der Waals surface area (Å²) in [7, 11) is -3.37. The molecule has 0 fully saturated rings. The summed E-state index contributed by atoms with van der Waals surface area (Å²) < 4.78 is 79.6. The number of alkyl halides is 4. The second kappa shape index (κ2) is 11.7. The summed E-state index contributed by atoms with van der Waals surface area (Å²) in [6.07, 6.45) is -4.06. The summed E-state index contributed by atoms with van der Waals surface area (Å²) in [6.45, 7) is 2.42. The van der Waals surface area contributed by atoms with Crippen molar-refractivity contribution >= 4 is 31.6 Å². The van der Waals surface area contributed by atoms with Crippen molar-refractivity contribution in [3.63, 3.8) is 0 Å². The number of nitrogens with one attached hydrogen (secondary N) is 1. The second-order valence-corrected chi connectivity index (χ2v) is 11.2. The van der Waals surface area contributed by atoms with Crippen LogP contribution in [0, 0.1) is 10.8 Å². The molecule has 190 valence electrons. The summed E-state index contributed by atoms with van der Waals surface area (Å²) in [5.74, 6) is 2.06. The Morgan fingerprint density at radius 2 is 1.51 bits per heavy atom. The second-order valence-electron chi connectivity index (χ2n) is 8.77. The topological polar surface area (TPSA) is 63.2 Å². The van der Waals surface area contributed by atoms with Crippen molar-refractivity contribution < 1.29 is 30.8 Å². The Morgan fingerprint density at radius 3 is 1.94 bits per heavy atom. The lowest BCUT2D eigenvalue weighted by Gasteiger charge is -2.29. The minimum Gasteiger partial charge on any atom is -0.298 e. The Bertz CT molecular complexity index is 1180. The first-order valence-electron chi connectivity index (χ1n) is 10.6. The van der Waals surface area contributed by atoms with Gasteiger partial charge in [0.2, 0.25) is 0 Å². The van der Waals surface area contributed by atoms with Gasteiger partial charge in [-0.25, -0.2) is 12.8 Å². The van der Waals surface area contributed by atoms with Gasteiger partial charge in [-0.2, -0.15) is 13.2 Å². The molecule has 35 heavy (non-hydrogen) atoms. The summed E-state index contributed by atoms with van der Waals surface area (Å²) in [6, 6.07) is 7.95. The molecular weight excluding hydrogens is 550 g/mol. The van der Waals surface area contributed by atoms with E-state index in [4.69, 9.17) is 0 Å². The van der Waals surface area contributed by atoms with E-state index in [-0.39, 0.29) is 23.3 Å². The lowest BCUT2D eigenvalue weighted by atomic mass is 9.93. The molecule has 1 N–H and O–H groups in total. The van der Waals surface area contributed by atoms with Crippen molar-refractivity contribution in [2.24, 2.45) is 0 Å². The van der Waals surface area contributed by atoms with E-state index < -0.39 is 46.0 Å². The average molecular weight is 576 g/mol. The highest BCUT2D eigenvalue weighted by atomic mass is 79.9. The van der Waals surface area contributed by atoms with Crippen molar-refractivity contribution in [1.82, 2.24) is 5.32 Å². The predicted octanol–water partition coefficient (Wildman–Crippen LogP) is 6.16. The van der Waals surface area contributed by atoms with E-state index in [1.807, 2.05) is 0 Å². The summed E-state index contributed by atoms with van der Waals surface area (Å²) in [5, 5.41) is 2.34. The van der Waals surface area contributed by atoms with Gasteiger partial charge in [-0.05, 0) is 47.5 Å². The van der Waals surface area contributed by atoms with Crippen molar-refractivity contribution in [2.75, 3.05) is 6.26 Å². The molecule has 0 amide bonds. The van der Waals surface area contributed by atoms with Gasteiger partial charge in [-0.3, -0.25) is 10.1 Å². The van der Waals surface area contributed by atoms with Gasteiger partial charge >= 0.3 is 6.18 Å². The molecule has 2 atom stereocenters. The molecule has 2 aromatic rings. The number of carbonyl (C=O) groups excluding carboxylic acids is 1. The highest BCUT2D eigenvalue weighted by molar-refractivity contribution is 9.12. The van der Waals surface area contributed by atoms with Gasteiger partial charge < -0.3 is 0 Å². The molecule has 0 aliphatic rings. The first kappa shape index (κ1) is 29.0. The van der Waals surface area contributed by atoms with Crippen LogP contribution in [0.15, 0.2) is 53.4 Å². The maximum absolute atomic E-state index is 14.3. The summed E-state index contributed by atoms with van der Waals surface area (Å²) in [4.78, 5) is 15.2. The van der Waals surface area contributed by atoms with Crippen LogP contribution in [0.5, 0.6) is 0 Å². The van der Waals surface area contributed by atoms with Gasteiger partial charge in [0.15, 0.2) is 15.6 Å². The lowest BCUT2D eigenvalue weighted by Crippen LogP contribution is -2.47. The number of halogens is 5. The largest absolute Gasteiger partial charge is 0.407 e. The van der Waals surface area contributed by atoms with Gasteiger partial charge in [0.25, 0.3) is 0 Å². The fraction of sp³-hybridized carbons (Fsp3) is 0.400. The van der Waals surface area contributed by atoms with Crippen LogP contribution >= 0.6 is 15.9 Å². The molecule has 0 aliphatic carbocycles. The maximum atomic E-state index is 14.3. The van der Waals surface area contributed by atoms with Crippen LogP contribution in [0.1, 0.15) is 44.7 Å². The SMILES string of the molecule is CC(C)(F)C[C@H](N[C@@H](c1ccc(-c2ccc(S(C)(=O)=O)cc2)cc1)C(F)(F)F)C(=O)CCC#CBr. The number of hydrogen-bond donors (Lipinski definition) is 1. The van der Waals surface area contributed by atoms with Gasteiger partial charge in [-0.1, -0.05) is 42.3 Å². The number of hydrogen-bond acceptors (Lipinski definition) is 4. The van der Waals surface area contributed by atoms with Crippen LogP contribution in [0.3, 0.4) is 0 Å². The molecule has 2 rings (SSSR count). The Morgan fingerprint density at radius 1 is 1.00 bits per heavy atom. The van der Waals surface area contributed by atoms with Crippen LogP contribution in [0.4, 0.5) is 17.6 Å². The van der Waals surface area contributed by atoms with E-state index in [1.54, 1.807) is 12.1 Å². The zero-order chi connectivity index (χ0) is 26.4. The molecule has 0 saturated heterocycles. The zero-order valence-electron chi connectivity index (χ0n) is 19.4. The number of sulfone groups is 1. The lowest BCUT2D eigenvalue weighted by molar-refractivity contribution is -0.161. The van der Waals surface area contributed by atoms with Crippen LogP contribution in [-0.4, -0.2) is 38.3 Å². The van der Waals surface area contributed by atoms with E-state index in [1.165, 1.54) is 50.2 Å². The van der Waals surface area contributed by atoms with E-state index in [0.717, 1.165) is 6.26 Å². The van der Waals surface area contributed by atoms with Crippen molar-refractivity contribution in [3.8, 4) is 21.9 Å². The minimum atomic E-state index is -4.74. The van der Waals surface area contributed by atoms with Crippen molar-refractivity contribution in [1.29, 1.82) is 0 Å². The number of ketones is 1. The van der Waals surface area contributed by atoms with E-state index in [0.29, 0.717) is 11.1 Å². The van der Waals surface area contributed by atoms with Gasteiger partial charge in [-0.15, -0.1) is 0 Å². The minimum absolute atomic E-state index is 0.112. The molecule has 0 heterocycles. The maximum Gasteiger partial charge on any atom is 0.407 e. The first-order chi connectivity index (χ1) is 16.1. The van der Waals surface area contributed by atoms with Gasteiger partial charge in [0.05, 0.1) is 10.9 Å². The molecule has 10 heteroatoms. The molecular formula is C25H26BrF4NO3S. The Kier molecular flexibility index (Phi) is 9.68. The average Bonchev–Trinajstić information content (AvgIpc) is 2.75. The molecule has 0 aliphatic heterocycles. The van der Waals surface area contributed by atoms with Gasteiger partial charge in [0.1, 0.15) is 11.7 Å². The summed E-state index contributed by atoms with van der Waals surface area (Å²) in [5.41, 5.74) is -0.794. The Hall–Kier alpha value is -2.22. The van der Waals surface area contributed by atoms with Gasteiger partial charge in [0, 0.05) is 41.4 Å². The zero-order valence-corrected chi connectivity index (χ0v) is 21.8. The Balaban J connectivity index is 2.33. The molecule has 4 nitrogen and oxygen atoms in total. The molecule has 0 unspecified atom stereocenters. The standard InChI is InChI=1S/C25H26BrF4NO3S/c1-24(2,27)16-21(22(32)6-4-5-15-26)31-23(25(28,29)30)19-9-7-17(8-10-19)18-11-13-20(14-12-18)35(3,33)34/h7-14,21,23,31H,4,6,16H2,1-3H3/t21-,23-/m0/s1. The quantitative estimate of drug-likeness (QED) is 0.272. The Labute approximate surface area is 211 Å². The third-order valence-corrected chi connectivity index (χ3v) is 6.61. The van der Waals surface area contributed by atoms with E-state index in [2.05, 4.69) is 32.0 Å². The smallest absolute Gasteiger partial charge is 0.298 e. The third-order valence-electron chi connectivity index (χ3n) is 5.20.